The maximum atomic E-state index is 13.3. The molecule has 1 saturated heterocycles. The van der Waals surface area contributed by atoms with Crippen LogP contribution in [0.15, 0.2) is 73.1 Å². The fourth-order valence-corrected chi connectivity index (χ4v) is 4.40. The molecule has 0 spiro atoms. The second kappa shape index (κ2) is 10.3. The van der Waals surface area contributed by atoms with E-state index in [9.17, 15) is 9.59 Å². The summed E-state index contributed by atoms with van der Waals surface area (Å²) >= 11 is 0. The summed E-state index contributed by atoms with van der Waals surface area (Å²) in [6, 6.07) is 20.4. The van der Waals surface area contributed by atoms with E-state index in [0.29, 0.717) is 45.6 Å². The van der Waals surface area contributed by atoms with Crippen LogP contribution in [-0.4, -0.2) is 57.6 Å². The third-order valence-electron chi connectivity index (χ3n) is 6.16. The van der Waals surface area contributed by atoms with Gasteiger partial charge in [0.25, 0.3) is 0 Å². The molecule has 1 aromatic heterocycles. The molecule has 6 heteroatoms. The normalized spacial score (nSPS) is 16.8. The molecular weight excluding hydrogens is 400 g/mol. The van der Waals surface area contributed by atoms with Crippen molar-refractivity contribution in [2.24, 2.45) is 5.92 Å². The molecule has 1 atom stereocenters. The Balaban J connectivity index is 1.53. The van der Waals surface area contributed by atoms with Gasteiger partial charge in [0, 0.05) is 51.5 Å². The number of nitrogens with zero attached hydrogens (tertiary/aromatic N) is 4. The number of carbonyl (C=O) groups excluding carboxylic acids is 2. The summed E-state index contributed by atoms with van der Waals surface area (Å²) in [4.78, 5) is 30.1. The Kier molecular flexibility index (Phi) is 7.00. The van der Waals surface area contributed by atoms with Crippen LogP contribution in [0.2, 0.25) is 0 Å². The molecule has 1 aliphatic rings. The van der Waals surface area contributed by atoms with Gasteiger partial charge in [-0.3, -0.25) is 14.3 Å². The standard InChI is InChI=1S/C26H30N4O2/c1-2-28-17-18-29(25(31)13-16-30-15-8-14-27-30)20-23(26(28)32)19-22-11-6-7-12-24(22)21-9-4-3-5-10-21/h3-12,14-15,23H,2,13,16-20H2,1H3. The molecule has 32 heavy (non-hydrogen) atoms. The summed E-state index contributed by atoms with van der Waals surface area (Å²) < 4.78 is 1.77. The second-order valence-electron chi connectivity index (χ2n) is 8.20. The van der Waals surface area contributed by atoms with Crippen LogP contribution >= 0.6 is 0 Å². The molecule has 2 aromatic carbocycles. The summed E-state index contributed by atoms with van der Waals surface area (Å²) in [6.45, 7) is 4.83. The third kappa shape index (κ3) is 5.07. The van der Waals surface area contributed by atoms with E-state index < -0.39 is 0 Å². The van der Waals surface area contributed by atoms with Crippen LogP contribution in [0.5, 0.6) is 0 Å². The lowest BCUT2D eigenvalue weighted by molar-refractivity contribution is -0.134. The number of benzene rings is 2. The molecule has 0 radical (unpaired) electrons. The van der Waals surface area contributed by atoms with Crippen molar-refractivity contribution in [2.45, 2.75) is 26.3 Å². The van der Waals surface area contributed by atoms with E-state index in [1.165, 1.54) is 0 Å². The van der Waals surface area contributed by atoms with Gasteiger partial charge in [-0.1, -0.05) is 54.6 Å². The van der Waals surface area contributed by atoms with Crippen LogP contribution in [0, 0.1) is 5.92 Å². The van der Waals surface area contributed by atoms with Crippen molar-refractivity contribution < 1.29 is 9.59 Å². The van der Waals surface area contributed by atoms with E-state index in [1.807, 2.05) is 59.3 Å². The molecule has 0 aliphatic carbocycles. The lowest BCUT2D eigenvalue weighted by Crippen LogP contribution is -2.38. The molecule has 1 fully saturated rings. The fourth-order valence-electron chi connectivity index (χ4n) is 4.40. The predicted molar refractivity (Wildman–Crippen MR) is 125 cm³/mol. The van der Waals surface area contributed by atoms with Gasteiger partial charge >= 0.3 is 0 Å². The van der Waals surface area contributed by atoms with Crippen LogP contribution < -0.4 is 0 Å². The quantitative estimate of drug-likeness (QED) is 0.577. The molecule has 4 rings (SSSR count). The van der Waals surface area contributed by atoms with Crippen molar-refractivity contribution in [3.63, 3.8) is 0 Å². The number of aryl methyl sites for hydroxylation is 1. The highest BCUT2D eigenvalue weighted by Crippen LogP contribution is 2.27. The van der Waals surface area contributed by atoms with Crippen molar-refractivity contribution >= 4 is 11.8 Å². The molecule has 0 N–H and O–H groups in total. The van der Waals surface area contributed by atoms with Crippen LogP contribution in [0.25, 0.3) is 11.1 Å². The fraction of sp³-hybridized carbons (Fsp3) is 0.346. The first-order chi connectivity index (χ1) is 15.7. The minimum atomic E-state index is -0.254. The van der Waals surface area contributed by atoms with Gasteiger partial charge in [-0.05, 0) is 36.1 Å². The van der Waals surface area contributed by atoms with E-state index in [-0.39, 0.29) is 17.7 Å². The zero-order valence-corrected chi connectivity index (χ0v) is 18.6. The van der Waals surface area contributed by atoms with Gasteiger partial charge in [-0.15, -0.1) is 0 Å². The number of hydrogen-bond donors (Lipinski definition) is 0. The van der Waals surface area contributed by atoms with Crippen molar-refractivity contribution in [2.75, 3.05) is 26.2 Å². The number of likely N-dealkylation sites (N-methyl/N-ethyl adjacent to an activating group) is 1. The van der Waals surface area contributed by atoms with Gasteiger partial charge in [-0.2, -0.15) is 5.10 Å². The van der Waals surface area contributed by atoms with Gasteiger partial charge in [0.2, 0.25) is 11.8 Å². The molecule has 166 valence electrons. The van der Waals surface area contributed by atoms with Crippen molar-refractivity contribution in [3.05, 3.63) is 78.6 Å². The largest absolute Gasteiger partial charge is 0.341 e. The van der Waals surface area contributed by atoms with E-state index in [4.69, 9.17) is 0 Å². The summed E-state index contributed by atoms with van der Waals surface area (Å²) in [5, 5.41) is 4.18. The SMILES string of the molecule is CCN1CCN(C(=O)CCn2cccn2)CC(Cc2ccccc2-c2ccccc2)C1=O. The Morgan fingerprint density at radius 1 is 1.03 bits per heavy atom. The molecule has 1 aliphatic heterocycles. The Bertz CT molecular complexity index is 1030. The van der Waals surface area contributed by atoms with Gasteiger partial charge in [-0.25, -0.2) is 0 Å². The first kappa shape index (κ1) is 21.8. The van der Waals surface area contributed by atoms with Gasteiger partial charge in [0.1, 0.15) is 0 Å². The minimum Gasteiger partial charge on any atom is -0.341 e. The molecule has 0 saturated carbocycles. The number of carbonyl (C=O) groups is 2. The highest BCUT2D eigenvalue weighted by atomic mass is 16.2. The van der Waals surface area contributed by atoms with E-state index in [2.05, 4.69) is 29.4 Å². The topological polar surface area (TPSA) is 58.4 Å². The Morgan fingerprint density at radius 3 is 2.56 bits per heavy atom. The summed E-state index contributed by atoms with van der Waals surface area (Å²) in [5.74, 6) is -0.0405. The summed E-state index contributed by atoms with van der Waals surface area (Å²) in [5.41, 5.74) is 3.42. The van der Waals surface area contributed by atoms with E-state index >= 15 is 0 Å². The second-order valence-corrected chi connectivity index (χ2v) is 8.20. The van der Waals surface area contributed by atoms with Crippen molar-refractivity contribution in [1.29, 1.82) is 0 Å². The first-order valence-electron chi connectivity index (χ1n) is 11.3. The Hall–Kier alpha value is -3.41. The zero-order chi connectivity index (χ0) is 22.3. The van der Waals surface area contributed by atoms with Crippen LogP contribution in [0.3, 0.4) is 0 Å². The maximum absolute atomic E-state index is 13.3. The maximum Gasteiger partial charge on any atom is 0.227 e. The molecule has 2 amide bonds. The number of aromatic nitrogens is 2. The Labute approximate surface area is 189 Å². The van der Waals surface area contributed by atoms with Crippen LogP contribution in [-0.2, 0) is 22.6 Å². The average Bonchev–Trinajstić information content (AvgIpc) is 3.30. The lowest BCUT2D eigenvalue weighted by Gasteiger charge is -2.24. The van der Waals surface area contributed by atoms with E-state index in [0.717, 1.165) is 16.7 Å². The lowest BCUT2D eigenvalue weighted by atomic mass is 9.91. The smallest absolute Gasteiger partial charge is 0.227 e. The summed E-state index contributed by atoms with van der Waals surface area (Å²) in [6.07, 6.45) is 4.58. The molecule has 6 nitrogen and oxygen atoms in total. The minimum absolute atomic E-state index is 0.0765. The number of amides is 2. The first-order valence-corrected chi connectivity index (χ1v) is 11.3. The van der Waals surface area contributed by atoms with Crippen LogP contribution in [0.1, 0.15) is 18.9 Å². The van der Waals surface area contributed by atoms with E-state index in [1.54, 1.807) is 10.9 Å². The monoisotopic (exact) mass is 430 g/mol. The summed E-state index contributed by atoms with van der Waals surface area (Å²) in [7, 11) is 0. The molecule has 3 aromatic rings. The molecule has 2 heterocycles. The third-order valence-corrected chi connectivity index (χ3v) is 6.16. The zero-order valence-electron chi connectivity index (χ0n) is 18.6. The highest BCUT2D eigenvalue weighted by molar-refractivity contribution is 5.82. The van der Waals surface area contributed by atoms with Crippen molar-refractivity contribution in [3.8, 4) is 11.1 Å². The van der Waals surface area contributed by atoms with Gasteiger partial charge < -0.3 is 9.80 Å². The van der Waals surface area contributed by atoms with Gasteiger partial charge in [0.15, 0.2) is 0 Å². The van der Waals surface area contributed by atoms with Crippen LogP contribution in [0.4, 0.5) is 0 Å². The average molecular weight is 431 g/mol. The number of rotatable bonds is 7. The highest BCUT2D eigenvalue weighted by Gasteiger charge is 2.32. The Morgan fingerprint density at radius 2 is 1.81 bits per heavy atom. The molecule has 0 bridgehead atoms. The van der Waals surface area contributed by atoms with Crippen molar-refractivity contribution in [1.82, 2.24) is 19.6 Å². The van der Waals surface area contributed by atoms with Gasteiger partial charge in [0.05, 0.1) is 5.92 Å². The molecular formula is C26H30N4O2. The predicted octanol–water partition coefficient (Wildman–Crippen LogP) is 3.49. The number of hydrogen-bond acceptors (Lipinski definition) is 3. The molecule has 1 unspecified atom stereocenters.